The van der Waals surface area contributed by atoms with Crippen LogP contribution in [0.2, 0.25) is 0 Å². The van der Waals surface area contributed by atoms with Crippen LogP contribution >= 0.6 is 0 Å². The highest BCUT2D eigenvalue weighted by molar-refractivity contribution is 5.79. The second-order valence-electron chi connectivity index (χ2n) is 8.79. The summed E-state index contributed by atoms with van der Waals surface area (Å²) in [6.45, 7) is 8.96. The quantitative estimate of drug-likeness (QED) is 0.815. The minimum atomic E-state index is 0.106. The van der Waals surface area contributed by atoms with E-state index in [4.69, 9.17) is 0 Å². The van der Waals surface area contributed by atoms with Crippen molar-refractivity contribution in [3.05, 3.63) is 0 Å². The molecule has 2 aliphatic carbocycles. The maximum atomic E-state index is 12.6. The van der Waals surface area contributed by atoms with Crippen LogP contribution in [0.1, 0.15) is 66.2 Å². The van der Waals surface area contributed by atoms with Crippen molar-refractivity contribution in [1.82, 2.24) is 10.6 Å². The highest BCUT2D eigenvalue weighted by Gasteiger charge is 2.44. The average Bonchev–Trinajstić information content (AvgIpc) is 2.85. The van der Waals surface area contributed by atoms with Gasteiger partial charge >= 0.3 is 0 Å². The molecule has 2 N–H and O–H groups in total. The third kappa shape index (κ3) is 2.88. The molecule has 20 heavy (non-hydrogen) atoms. The van der Waals surface area contributed by atoms with Crippen LogP contribution in [0.4, 0.5) is 0 Å². The fourth-order valence-electron chi connectivity index (χ4n) is 5.30. The first-order chi connectivity index (χ1) is 9.24. The molecule has 2 bridgehead atoms. The molecule has 0 radical (unpaired) electrons. The number of amides is 1. The number of hydrogen-bond donors (Lipinski definition) is 2. The Morgan fingerprint density at radius 2 is 1.70 bits per heavy atom. The van der Waals surface area contributed by atoms with Crippen molar-refractivity contribution >= 4 is 5.91 Å². The van der Waals surface area contributed by atoms with E-state index in [0.717, 1.165) is 25.2 Å². The molecule has 3 unspecified atom stereocenters. The van der Waals surface area contributed by atoms with E-state index in [0.29, 0.717) is 23.8 Å². The van der Waals surface area contributed by atoms with Crippen LogP contribution < -0.4 is 10.6 Å². The van der Waals surface area contributed by atoms with Gasteiger partial charge in [-0.3, -0.25) is 4.79 Å². The number of carbonyl (C=O) groups excluding carboxylic acids is 1. The van der Waals surface area contributed by atoms with Crippen molar-refractivity contribution in [1.29, 1.82) is 0 Å². The molecule has 0 aromatic heterocycles. The highest BCUT2D eigenvalue weighted by Crippen LogP contribution is 2.48. The first-order valence-electron chi connectivity index (χ1n) is 8.34. The van der Waals surface area contributed by atoms with Crippen molar-refractivity contribution in [3.8, 4) is 0 Å². The van der Waals surface area contributed by atoms with Crippen LogP contribution in [0, 0.1) is 17.8 Å². The average molecular weight is 278 g/mol. The Balaban J connectivity index is 1.61. The molecule has 0 aromatic carbocycles. The molecule has 1 aliphatic heterocycles. The normalized spacial score (nSPS) is 38.9. The van der Waals surface area contributed by atoms with Gasteiger partial charge < -0.3 is 10.6 Å². The number of fused-ring (bicyclic) bond motifs is 2. The number of hydrogen-bond acceptors (Lipinski definition) is 2. The van der Waals surface area contributed by atoms with E-state index >= 15 is 0 Å². The van der Waals surface area contributed by atoms with E-state index in [1.165, 1.54) is 19.3 Å². The molecular formula is C17H30N2O. The zero-order valence-electron chi connectivity index (χ0n) is 13.5. The van der Waals surface area contributed by atoms with Crippen LogP contribution in [0.25, 0.3) is 0 Å². The third-order valence-electron chi connectivity index (χ3n) is 5.61. The fourth-order valence-corrected chi connectivity index (χ4v) is 5.30. The molecule has 114 valence electrons. The summed E-state index contributed by atoms with van der Waals surface area (Å²) in [7, 11) is 0. The van der Waals surface area contributed by atoms with Crippen LogP contribution in [0.5, 0.6) is 0 Å². The minimum Gasteiger partial charge on any atom is -0.353 e. The molecule has 3 rings (SSSR count). The van der Waals surface area contributed by atoms with Crippen molar-refractivity contribution in [2.75, 3.05) is 0 Å². The van der Waals surface area contributed by atoms with Gasteiger partial charge in [0.05, 0.1) is 0 Å². The molecule has 2 saturated carbocycles. The Bertz CT molecular complexity index is 386. The lowest BCUT2D eigenvalue weighted by atomic mass is 9.79. The molecule has 1 heterocycles. The largest absolute Gasteiger partial charge is 0.353 e. The molecule has 1 saturated heterocycles. The van der Waals surface area contributed by atoms with Gasteiger partial charge in [-0.1, -0.05) is 6.42 Å². The van der Waals surface area contributed by atoms with Crippen LogP contribution in [-0.2, 0) is 4.79 Å². The Labute approximate surface area is 123 Å². The zero-order valence-corrected chi connectivity index (χ0v) is 13.5. The summed E-state index contributed by atoms with van der Waals surface area (Å²) in [6.07, 6.45) is 7.16. The number of nitrogens with one attached hydrogen (secondary N) is 2. The Kier molecular flexibility index (Phi) is 3.39. The zero-order chi connectivity index (χ0) is 14.5. The SMILES string of the molecule is CC1(C)CC(NC(=O)C2CC3CCC2C3)CC(C)(C)N1. The number of piperidine rings is 1. The van der Waals surface area contributed by atoms with E-state index in [-0.39, 0.29) is 11.1 Å². The second kappa shape index (κ2) is 4.72. The summed E-state index contributed by atoms with van der Waals surface area (Å²) in [5, 5.41) is 7.06. The van der Waals surface area contributed by atoms with Crippen molar-refractivity contribution < 1.29 is 4.79 Å². The molecular weight excluding hydrogens is 248 g/mol. The third-order valence-corrected chi connectivity index (χ3v) is 5.61. The van der Waals surface area contributed by atoms with Gasteiger partial charge in [0.2, 0.25) is 5.91 Å². The topological polar surface area (TPSA) is 41.1 Å². The van der Waals surface area contributed by atoms with E-state index < -0.39 is 0 Å². The van der Waals surface area contributed by atoms with Gasteiger partial charge in [-0.2, -0.15) is 0 Å². The van der Waals surface area contributed by atoms with Gasteiger partial charge in [0, 0.05) is 23.0 Å². The van der Waals surface area contributed by atoms with Gasteiger partial charge in [0.15, 0.2) is 0 Å². The van der Waals surface area contributed by atoms with Gasteiger partial charge in [-0.05, 0) is 71.6 Å². The Morgan fingerprint density at radius 1 is 1.05 bits per heavy atom. The molecule has 3 fully saturated rings. The van der Waals surface area contributed by atoms with E-state index in [1.807, 2.05) is 0 Å². The summed E-state index contributed by atoms with van der Waals surface area (Å²) in [5.74, 6) is 2.19. The van der Waals surface area contributed by atoms with Crippen molar-refractivity contribution in [2.24, 2.45) is 17.8 Å². The predicted octanol–water partition coefficient (Wildman–Crippen LogP) is 2.85. The maximum Gasteiger partial charge on any atom is 0.223 e. The van der Waals surface area contributed by atoms with Crippen LogP contribution in [-0.4, -0.2) is 23.0 Å². The van der Waals surface area contributed by atoms with E-state index in [9.17, 15) is 4.79 Å². The fraction of sp³-hybridized carbons (Fsp3) is 0.941. The summed E-state index contributed by atoms with van der Waals surface area (Å²) >= 11 is 0. The predicted molar refractivity (Wildman–Crippen MR) is 81.4 cm³/mol. The van der Waals surface area contributed by atoms with Crippen LogP contribution in [0.15, 0.2) is 0 Å². The van der Waals surface area contributed by atoms with Crippen molar-refractivity contribution in [2.45, 2.75) is 83.3 Å². The van der Waals surface area contributed by atoms with Crippen LogP contribution in [0.3, 0.4) is 0 Å². The van der Waals surface area contributed by atoms with Gasteiger partial charge in [0.25, 0.3) is 0 Å². The van der Waals surface area contributed by atoms with Crippen molar-refractivity contribution in [3.63, 3.8) is 0 Å². The molecule has 1 amide bonds. The maximum absolute atomic E-state index is 12.6. The summed E-state index contributed by atoms with van der Waals surface area (Å²) in [4.78, 5) is 12.6. The first kappa shape index (κ1) is 14.4. The molecule has 0 spiro atoms. The van der Waals surface area contributed by atoms with E-state index in [2.05, 4.69) is 38.3 Å². The smallest absolute Gasteiger partial charge is 0.223 e. The summed E-state index contributed by atoms with van der Waals surface area (Å²) in [5.41, 5.74) is 0.211. The monoisotopic (exact) mass is 278 g/mol. The number of carbonyl (C=O) groups is 1. The minimum absolute atomic E-state index is 0.106. The first-order valence-corrected chi connectivity index (χ1v) is 8.34. The lowest BCUT2D eigenvalue weighted by Crippen LogP contribution is -2.62. The molecule has 3 aliphatic rings. The molecule has 3 atom stereocenters. The summed E-state index contributed by atoms with van der Waals surface area (Å²) < 4.78 is 0. The highest BCUT2D eigenvalue weighted by atomic mass is 16.2. The second-order valence-corrected chi connectivity index (χ2v) is 8.79. The molecule has 3 nitrogen and oxygen atoms in total. The van der Waals surface area contributed by atoms with Gasteiger partial charge in [0.1, 0.15) is 0 Å². The number of rotatable bonds is 2. The van der Waals surface area contributed by atoms with Gasteiger partial charge in [-0.15, -0.1) is 0 Å². The van der Waals surface area contributed by atoms with Gasteiger partial charge in [-0.25, -0.2) is 0 Å². The molecule has 0 aromatic rings. The molecule has 3 heteroatoms. The lowest BCUT2D eigenvalue weighted by Gasteiger charge is -2.47. The Hall–Kier alpha value is -0.570. The Morgan fingerprint density at radius 3 is 2.20 bits per heavy atom. The standard InChI is InChI=1S/C17H30N2O/c1-16(2)9-13(10-17(3,4)19-16)18-15(20)14-8-11-5-6-12(14)7-11/h11-14,19H,5-10H2,1-4H3,(H,18,20). The van der Waals surface area contributed by atoms with E-state index in [1.54, 1.807) is 0 Å². The lowest BCUT2D eigenvalue weighted by molar-refractivity contribution is -0.127. The summed E-state index contributed by atoms with van der Waals surface area (Å²) in [6, 6.07) is 0.327.